The van der Waals surface area contributed by atoms with Gasteiger partial charge in [-0.3, -0.25) is 0 Å². The molecule has 0 saturated carbocycles. The van der Waals surface area contributed by atoms with Gasteiger partial charge in [-0.25, -0.2) is 4.39 Å². The van der Waals surface area contributed by atoms with Gasteiger partial charge < -0.3 is 10.4 Å². The van der Waals surface area contributed by atoms with Gasteiger partial charge in [0.25, 0.3) is 0 Å². The van der Waals surface area contributed by atoms with Gasteiger partial charge in [0.2, 0.25) is 0 Å². The van der Waals surface area contributed by atoms with Crippen molar-refractivity contribution in [2.75, 3.05) is 13.3 Å². The first-order valence-electron chi connectivity index (χ1n) is 5.48. The normalized spacial score (nSPS) is 15.4. The number of halogens is 4. The third-order valence-corrected chi connectivity index (χ3v) is 2.55. The molecule has 0 spiro atoms. The topological polar surface area (TPSA) is 32.3 Å². The van der Waals surface area contributed by atoms with E-state index in [0.717, 1.165) is 12.1 Å². The molecule has 0 saturated heterocycles. The maximum Gasteiger partial charge on any atom is 0.416 e. The van der Waals surface area contributed by atoms with E-state index in [1.807, 2.05) is 0 Å². The zero-order chi connectivity index (χ0) is 13.8. The Hall–Kier alpha value is -1.14. The molecule has 18 heavy (non-hydrogen) atoms. The lowest BCUT2D eigenvalue weighted by Crippen LogP contribution is -2.34. The third-order valence-electron chi connectivity index (χ3n) is 2.55. The zero-order valence-corrected chi connectivity index (χ0v) is 9.84. The van der Waals surface area contributed by atoms with Crippen LogP contribution in [0.2, 0.25) is 0 Å². The van der Waals surface area contributed by atoms with Crippen molar-refractivity contribution in [1.29, 1.82) is 0 Å². The molecule has 0 aliphatic carbocycles. The maximum atomic E-state index is 12.8. The summed E-state index contributed by atoms with van der Waals surface area (Å²) < 4.78 is 49.8. The van der Waals surface area contributed by atoms with Crippen molar-refractivity contribution in [1.82, 2.24) is 5.32 Å². The highest BCUT2D eigenvalue weighted by molar-refractivity contribution is 5.27. The number of aliphatic hydroxyl groups excluding tert-OH is 1. The fraction of sp³-hybridized carbons (Fsp3) is 0.500. The van der Waals surface area contributed by atoms with Crippen LogP contribution in [0, 0.1) is 0 Å². The van der Waals surface area contributed by atoms with E-state index in [4.69, 9.17) is 5.11 Å². The molecule has 2 nitrogen and oxygen atoms in total. The highest BCUT2D eigenvalue weighted by Crippen LogP contribution is 2.30. The van der Waals surface area contributed by atoms with Crippen molar-refractivity contribution in [3.05, 3.63) is 35.4 Å². The summed E-state index contributed by atoms with van der Waals surface area (Å²) in [6.07, 6.45) is -4.39. The molecular weight excluding hydrogens is 250 g/mol. The van der Waals surface area contributed by atoms with Crippen LogP contribution >= 0.6 is 0 Å². The first-order chi connectivity index (χ1) is 8.38. The van der Waals surface area contributed by atoms with Crippen LogP contribution in [0.15, 0.2) is 24.3 Å². The number of hydrogen-bond donors (Lipinski definition) is 2. The number of nitrogens with one attached hydrogen (secondary N) is 1. The van der Waals surface area contributed by atoms with E-state index in [9.17, 15) is 17.6 Å². The smallest absolute Gasteiger partial charge is 0.395 e. The molecule has 0 amide bonds. The van der Waals surface area contributed by atoms with Gasteiger partial charge >= 0.3 is 6.18 Å². The molecule has 102 valence electrons. The molecule has 0 aliphatic heterocycles. The lowest BCUT2D eigenvalue weighted by atomic mass is 10.0. The first-order valence-corrected chi connectivity index (χ1v) is 5.48. The van der Waals surface area contributed by atoms with Crippen molar-refractivity contribution in [2.45, 2.75) is 25.2 Å². The van der Waals surface area contributed by atoms with Crippen LogP contribution in [0.3, 0.4) is 0 Å². The molecule has 0 heterocycles. The molecular formula is C12H15F4NO. The summed E-state index contributed by atoms with van der Waals surface area (Å²) in [5, 5.41) is 11.6. The van der Waals surface area contributed by atoms with Gasteiger partial charge in [0.1, 0.15) is 6.67 Å². The van der Waals surface area contributed by atoms with E-state index < -0.39 is 24.5 Å². The average Bonchev–Trinajstić information content (AvgIpc) is 2.34. The van der Waals surface area contributed by atoms with E-state index in [1.54, 1.807) is 6.92 Å². The minimum atomic E-state index is -4.39. The molecule has 2 atom stereocenters. The second-order valence-corrected chi connectivity index (χ2v) is 4.08. The molecule has 6 heteroatoms. The average molecular weight is 265 g/mol. The summed E-state index contributed by atoms with van der Waals surface area (Å²) in [6.45, 7) is 0.736. The molecule has 0 radical (unpaired) electrons. The molecule has 0 fully saturated rings. The predicted molar refractivity (Wildman–Crippen MR) is 59.8 cm³/mol. The van der Waals surface area contributed by atoms with E-state index >= 15 is 0 Å². The highest BCUT2D eigenvalue weighted by atomic mass is 19.4. The molecule has 1 aromatic rings. The summed E-state index contributed by atoms with van der Waals surface area (Å²) in [5.41, 5.74) is -0.343. The van der Waals surface area contributed by atoms with Crippen molar-refractivity contribution < 1.29 is 22.7 Å². The van der Waals surface area contributed by atoms with E-state index in [-0.39, 0.29) is 12.6 Å². The molecule has 2 N–H and O–H groups in total. The van der Waals surface area contributed by atoms with E-state index in [0.29, 0.717) is 5.56 Å². The second-order valence-electron chi connectivity index (χ2n) is 4.08. The zero-order valence-electron chi connectivity index (χ0n) is 9.84. The number of alkyl halides is 4. The lowest BCUT2D eigenvalue weighted by molar-refractivity contribution is -0.137. The highest BCUT2D eigenvalue weighted by Gasteiger charge is 2.30. The SMILES string of the molecule is C[C@H](CO)NC(CF)c1ccc(C(F)(F)F)cc1. The van der Waals surface area contributed by atoms with Gasteiger partial charge in [-0.1, -0.05) is 12.1 Å². The first kappa shape index (κ1) is 14.9. The predicted octanol–water partition coefficient (Wildman–Crippen LogP) is 2.69. The van der Waals surface area contributed by atoms with Crippen LogP contribution < -0.4 is 5.32 Å². The Morgan fingerprint density at radius 1 is 1.22 bits per heavy atom. The van der Waals surface area contributed by atoms with Crippen LogP contribution in [-0.2, 0) is 6.18 Å². The molecule has 1 unspecified atom stereocenters. The molecule has 1 aromatic carbocycles. The van der Waals surface area contributed by atoms with Crippen molar-refractivity contribution in [3.63, 3.8) is 0 Å². The number of hydrogen-bond acceptors (Lipinski definition) is 2. The lowest BCUT2D eigenvalue weighted by Gasteiger charge is -2.20. The van der Waals surface area contributed by atoms with Crippen molar-refractivity contribution in [3.8, 4) is 0 Å². The fourth-order valence-corrected chi connectivity index (χ4v) is 1.53. The Labute approximate surface area is 103 Å². The molecule has 0 aromatic heterocycles. The largest absolute Gasteiger partial charge is 0.416 e. The molecule has 0 aliphatic rings. The quantitative estimate of drug-likeness (QED) is 0.802. The Morgan fingerprint density at radius 2 is 1.78 bits per heavy atom. The van der Waals surface area contributed by atoms with Gasteiger partial charge in [-0.15, -0.1) is 0 Å². The summed E-state index contributed by atoms with van der Waals surface area (Å²) in [6, 6.07) is 3.28. The standard InChI is InChI=1S/C12H15F4NO/c1-8(7-18)17-11(6-13)9-2-4-10(5-3-9)12(14,15)16/h2-5,8,11,17-18H,6-7H2,1H3/t8-,11?/m1/s1. The third kappa shape index (κ3) is 3.96. The Morgan fingerprint density at radius 3 is 2.17 bits per heavy atom. The van der Waals surface area contributed by atoms with Crippen molar-refractivity contribution in [2.24, 2.45) is 0 Å². The molecule has 0 bridgehead atoms. The Kier molecular flexibility index (Phi) is 5.10. The van der Waals surface area contributed by atoms with Gasteiger partial charge in [0.15, 0.2) is 0 Å². The summed E-state index contributed by atoms with van der Waals surface area (Å²) >= 11 is 0. The van der Waals surface area contributed by atoms with Crippen LogP contribution in [0.5, 0.6) is 0 Å². The summed E-state index contributed by atoms with van der Waals surface area (Å²) in [7, 11) is 0. The van der Waals surface area contributed by atoms with Crippen LogP contribution in [0.1, 0.15) is 24.1 Å². The number of benzene rings is 1. The van der Waals surface area contributed by atoms with Gasteiger partial charge in [-0.05, 0) is 24.6 Å². The van der Waals surface area contributed by atoms with Crippen LogP contribution in [0.4, 0.5) is 17.6 Å². The second kappa shape index (κ2) is 6.15. The van der Waals surface area contributed by atoms with Crippen LogP contribution in [-0.4, -0.2) is 24.4 Å². The van der Waals surface area contributed by atoms with Gasteiger partial charge in [-0.2, -0.15) is 13.2 Å². The van der Waals surface area contributed by atoms with E-state index in [1.165, 1.54) is 12.1 Å². The van der Waals surface area contributed by atoms with Gasteiger partial charge in [0, 0.05) is 6.04 Å². The minimum Gasteiger partial charge on any atom is -0.395 e. The summed E-state index contributed by atoms with van der Waals surface area (Å²) in [4.78, 5) is 0. The van der Waals surface area contributed by atoms with Crippen LogP contribution in [0.25, 0.3) is 0 Å². The number of aliphatic hydroxyl groups is 1. The van der Waals surface area contributed by atoms with E-state index in [2.05, 4.69) is 5.32 Å². The minimum absolute atomic E-state index is 0.170. The number of rotatable bonds is 5. The molecule has 1 rings (SSSR count). The van der Waals surface area contributed by atoms with Gasteiger partial charge in [0.05, 0.1) is 18.2 Å². The Bertz CT molecular complexity index is 363. The monoisotopic (exact) mass is 265 g/mol. The fourth-order valence-electron chi connectivity index (χ4n) is 1.53. The van der Waals surface area contributed by atoms with Crippen molar-refractivity contribution >= 4 is 0 Å². The Balaban J connectivity index is 2.82. The summed E-state index contributed by atoms with van der Waals surface area (Å²) in [5.74, 6) is 0. The maximum absolute atomic E-state index is 12.8.